The highest BCUT2D eigenvalue weighted by Crippen LogP contribution is 2.28. The van der Waals surface area contributed by atoms with Crippen molar-refractivity contribution in [3.05, 3.63) is 23.8 Å². The van der Waals surface area contributed by atoms with E-state index < -0.39 is 10.0 Å². The summed E-state index contributed by atoms with van der Waals surface area (Å²) < 4.78 is 38.0. The zero-order valence-corrected chi connectivity index (χ0v) is 16.1. The highest BCUT2D eigenvalue weighted by Gasteiger charge is 2.35. The van der Waals surface area contributed by atoms with Gasteiger partial charge in [-0.3, -0.25) is 4.79 Å². The molecule has 144 valence electrons. The fourth-order valence-corrected chi connectivity index (χ4v) is 5.17. The number of aryl methyl sites for hydroxylation is 1. The van der Waals surface area contributed by atoms with Crippen LogP contribution >= 0.6 is 0 Å². The molecule has 1 atom stereocenters. The van der Waals surface area contributed by atoms with Crippen molar-refractivity contribution in [1.29, 1.82) is 0 Å². The van der Waals surface area contributed by atoms with E-state index in [1.165, 1.54) is 4.31 Å². The quantitative estimate of drug-likeness (QED) is 0.784. The number of nitrogens with zero attached hydrogens (tertiary/aromatic N) is 2. The summed E-state index contributed by atoms with van der Waals surface area (Å²) in [5.41, 5.74) is 0.770. The van der Waals surface area contributed by atoms with Crippen LogP contribution in [-0.4, -0.2) is 70.0 Å². The Morgan fingerprint density at radius 2 is 1.96 bits per heavy atom. The van der Waals surface area contributed by atoms with E-state index in [9.17, 15) is 13.2 Å². The zero-order chi connectivity index (χ0) is 18.7. The SMILES string of the molecule is COc1ccc(S(=O)(=O)N2CCC[C@H](C(=O)N3CCOCC3)C2)cc1C. The number of methoxy groups -OCH3 is 1. The number of carbonyl (C=O) groups is 1. The van der Waals surface area contributed by atoms with E-state index in [0.29, 0.717) is 45.0 Å². The van der Waals surface area contributed by atoms with Gasteiger partial charge in [0.25, 0.3) is 0 Å². The summed E-state index contributed by atoms with van der Waals surface area (Å²) in [5, 5.41) is 0. The fourth-order valence-electron chi connectivity index (χ4n) is 3.56. The lowest BCUT2D eigenvalue weighted by atomic mass is 9.98. The van der Waals surface area contributed by atoms with Crippen LogP contribution in [0.4, 0.5) is 0 Å². The number of amides is 1. The van der Waals surface area contributed by atoms with Gasteiger partial charge in [0.05, 0.1) is 31.1 Å². The van der Waals surface area contributed by atoms with Crippen LogP contribution in [0.5, 0.6) is 5.75 Å². The fraction of sp³-hybridized carbons (Fsp3) is 0.611. The Morgan fingerprint density at radius 1 is 1.23 bits per heavy atom. The number of benzene rings is 1. The van der Waals surface area contributed by atoms with E-state index >= 15 is 0 Å². The summed E-state index contributed by atoms with van der Waals surface area (Å²) in [6, 6.07) is 4.86. The summed E-state index contributed by atoms with van der Waals surface area (Å²) in [7, 11) is -2.07. The molecule has 0 saturated carbocycles. The number of rotatable bonds is 4. The Bertz CT molecular complexity index is 759. The maximum atomic E-state index is 13.0. The van der Waals surface area contributed by atoms with Crippen molar-refractivity contribution in [2.45, 2.75) is 24.7 Å². The van der Waals surface area contributed by atoms with Gasteiger partial charge in [-0.05, 0) is 43.5 Å². The van der Waals surface area contributed by atoms with E-state index in [1.54, 1.807) is 30.2 Å². The van der Waals surface area contributed by atoms with E-state index in [-0.39, 0.29) is 23.3 Å². The molecular formula is C18H26N2O5S. The third-order valence-electron chi connectivity index (χ3n) is 5.06. The number of morpholine rings is 1. The minimum atomic E-state index is -3.62. The highest BCUT2D eigenvalue weighted by molar-refractivity contribution is 7.89. The van der Waals surface area contributed by atoms with Crippen molar-refractivity contribution in [3.63, 3.8) is 0 Å². The van der Waals surface area contributed by atoms with Crippen LogP contribution < -0.4 is 4.74 Å². The van der Waals surface area contributed by atoms with Gasteiger partial charge in [0, 0.05) is 26.2 Å². The Balaban J connectivity index is 1.75. The van der Waals surface area contributed by atoms with Gasteiger partial charge in [-0.15, -0.1) is 0 Å². The van der Waals surface area contributed by atoms with Crippen molar-refractivity contribution < 1.29 is 22.7 Å². The van der Waals surface area contributed by atoms with Crippen LogP contribution in [0.2, 0.25) is 0 Å². The molecule has 2 aliphatic heterocycles. The van der Waals surface area contributed by atoms with Gasteiger partial charge >= 0.3 is 0 Å². The topological polar surface area (TPSA) is 76.2 Å². The molecule has 1 aromatic rings. The number of hydrogen-bond acceptors (Lipinski definition) is 5. The minimum absolute atomic E-state index is 0.0408. The first kappa shape index (κ1) is 19.1. The molecule has 0 N–H and O–H groups in total. The maximum absolute atomic E-state index is 13.0. The average Bonchev–Trinajstić information content (AvgIpc) is 2.68. The van der Waals surface area contributed by atoms with Gasteiger partial charge in [0.15, 0.2) is 0 Å². The lowest BCUT2D eigenvalue weighted by molar-refractivity contribution is -0.140. The molecule has 2 saturated heterocycles. The number of hydrogen-bond donors (Lipinski definition) is 0. The molecule has 0 spiro atoms. The van der Waals surface area contributed by atoms with Gasteiger partial charge in [-0.1, -0.05) is 0 Å². The van der Waals surface area contributed by atoms with E-state index in [4.69, 9.17) is 9.47 Å². The van der Waals surface area contributed by atoms with Gasteiger partial charge in [-0.25, -0.2) is 8.42 Å². The van der Waals surface area contributed by atoms with Crippen LogP contribution in [0.1, 0.15) is 18.4 Å². The molecule has 2 aliphatic rings. The lowest BCUT2D eigenvalue weighted by Crippen LogP contribution is -2.49. The molecule has 26 heavy (non-hydrogen) atoms. The summed E-state index contributed by atoms with van der Waals surface area (Å²) in [4.78, 5) is 14.8. The molecule has 1 amide bonds. The van der Waals surface area contributed by atoms with Crippen LogP contribution in [0.3, 0.4) is 0 Å². The largest absolute Gasteiger partial charge is 0.496 e. The van der Waals surface area contributed by atoms with Crippen molar-refractivity contribution in [3.8, 4) is 5.75 Å². The third-order valence-corrected chi connectivity index (χ3v) is 6.92. The molecule has 0 bridgehead atoms. The molecule has 8 heteroatoms. The maximum Gasteiger partial charge on any atom is 0.243 e. The van der Waals surface area contributed by atoms with Crippen LogP contribution in [-0.2, 0) is 19.6 Å². The number of sulfonamides is 1. The molecule has 1 aromatic carbocycles. The molecule has 0 aliphatic carbocycles. The van der Waals surface area contributed by atoms with Gasteiger partial charge in [0.1, 0.15) is 5.75 Å². The van der Waals surface area contributed by atoms with Gasteiger partial charge in [0.2, 0.25) is 15.9 Å². The Labute approximate surface area is 154 Å². The second kappa shape index (κ2) is 7.94. The van der Waals surface area contributed by atoms with Gasteiger partial charge < -0.3 is 14.4 Å². The summed E-state index contributed by atoms with van der Waals surface area (Å²) in [5.74, 6) is 0.415. The monoisotopic (exact) mass is 382 g/mol. The molecule has 2 heterocycles. The van der Waals surface area contributed by atoms with Crippen molar-refractivity contribution in [2.24, 2.45) is 5.92 Å². The average molecular weight is 382 g/mol. The highest BCUT2D eigenvalue weighted by atomic mass is 32.2. The molecule has 0 aromatic heterocycles. The number of piperidine rings is 1. The zero-order valence-electron chi connectivity index (χ0n) is 15.3. The van der Waals surface area contributed by atoms with Crippen LogP contribution in [0, 0.1) is 12.8 Å². The molecular weight excluding hydrogens is 356 g/mol. The Morgan fingerprint density at radius 3 is 2.62 bits per heavy atom. The van der Waals surface area contributed by atoms with Crippen molar-refractivity contribution >= 4 is 15.9 Å². The van der Waals surface area contributed by atoms with Gasteiger partial charge in [-0.2, -0.15) is 4.31 Å². The third kappa shape index (κ3) is 3.87. The minimum Gasteiger partial charge on any atom is -0.496 e. The number of ether oxygens (including phenoxy) is 2. The smallest absolute Gasteiger partial charge is 0.243 e. The number of carbonyl (C=O) groups excluding carboxylic acids is 1. The summed E-state index contributed by atoms with van der Waals surface area (Å²) in [6.07, 6.45) is 1.42. The molecule has 2 fully saturated rings. The van der Waals surface area contributed by atoms with Crippen molar-refractivity contribution in [1.82, 2.24) is 9.21 Å². The molecule has 0 radical (unpaired) electrons. The second-order valence-corrected chi connectivity index (χ2v) is 8.71. The molecule has 3 rings (SSSR count). The Kier molecular flexibility index (Phi) is 5.84. The summed E-state index contributed by atoms with van der Waals surface area (Å²) >= 11 is 0. The predicted molar refractivity (Wildman–Crippen MR) is 96.6 cm³/mol. The van der Waals surface area contributed by atoms with E-state index in [1.807, 2.05) is 6.92 Å². The predicted octanol–water partition coefficient (Wildman–Crippen LogP) is 1.26. The normalized spacial score (nSPS) is 22.2. The summed E-state index contributed by atoms with van der Waals surface area (Å²) in [6.45, 7) is 4.76. The van der Waals surface area contributed by atoms with Crippen LogP contribution in [0.25, 0.3) is 0 Å². The first-order chi connectivity index (χ1) is 12.4. The van der Waals surface area contributed by atoms with E-state index in [2.05, 4.69) is 0 Å². The van der Waals surface area contributed by atoms with E-state index in [0.717, 1.165) is 12.0 Å². The molecule has 0 unspecified atom stereocenters. The first-order valence-corrected chi connectivity index (χ1v) is 10.4. The van der Waals surface area contributed by atoms with Crippen LogP contribution in [0.15, 0.2) is 23.1 Å². The lowest BCUT2D eigenvalue weighted by Gasteiger charge is -2.35. The Hall–Kier alpha value is -1.64. The van der Waals surface area contributed by atoms with Crippen molar-refractivity contribution in [2.75, 3.05) is 46.5 Å². The molecule has 7 nitrogen and oxygen atoms in total. The second-order valence-electron chi connectivity index (χ2n) is 6.77. The first-order valence-electron chi connectivity index (χ1n) is 8.95. The standard InChI is InChI=1S/C18H26N2O5S/c1-14-12-16(5-6-17(14)24-2)26(22,23)20-7-3-4-15(13-20)18(21)19-8-10-25-11-9-19/h5-6,12,15H,3-4,7-11,13H2,1-2H3/t15-/m0/s1.